The molecule has 0 bridgehead atoms. The molecule has 0 amide bonds. The summed E-state index contributed by atoms with van der Waals surface area (Å²) in [5.74, 6) is 0.586. The first kappa shape index (κ1) is 14.5. The minimum absolute atomic E-state index is 0.110. The summed E-state index contributed by atoms with van der Waals surface area (Å²) in [6.07, 6.45) is 0. The third kappa shape index (κ3) is 3.33. The Morgan fingerprint density at radius 2 is 1.70 bits per heavy atom. The molecule has 2 N–H and O–H groups in total. The predicted molar refractivity (Wildman–Crippen MR) is 77.6 cm³/mol. The monoisotopic (exact) mass is 295 g/mol. The second-order valence-corrected chi connectivity index (χ2v) is 4.74. The average molecular weight is 296 g/mol. The number of aromatic nitrogens is 3. The fourth-order valence-electron chi connectivity index (χ4n) is 1.86. The normalized spacial score (nSPS) is 10.4. The number of nitrogens with one attached hydrogen (secondary N) is 2. The molecule has 0 aliphatic rings. The van der Waals surface area contributed by atoms with E-state index in [-0.39, 0.29) is 11.1 Å². The van der Waals surface area contributed by atoms with Crippen molar-refractivity contribution in [3.63, 3.8) is 0 Å². The van der Waals surface area contributed by atoms with Gasteiger partial charge >= 0.3 is 0 Å². The van der Waals surface area contributed by atoms with Crippen molar-refractivity contribution >= 4 is 23.5 Å². The molecule has 106 valence electrons. The summed E-state index contributed by atoms with van der Waals surface area (Å²) in [4.78, 5) is 12.0. The molecule has 0 aliphatic carbocycles. The van der Waals surface area contributed by atoms with E-state index in [1.807, 2.05) is 0 Å². The molecule has 7 heteroatoms. The van der Waals surface area contributed by atoms with Gasteiger partial charge in [-0.25, -0.2) is 4.39 Å². The highest BCUT2D eigenvalue weighted by atomic mass is 35.5. The van der Waals surface area contributed by atoms with Crippen LogP contribution in [-0.4, -0.2) is 22.0 Å². The standard InChI is InChI=1S/C13H15ClFN5/c1-7-4-9(5-8(2)10(7)15)6-17-13-19-11(14)18-12(16-3)20-13/h4-5H,6H2,1-3H3,(H2,16,17,18,19,20). The largest absolute Gasteiger partial charge is 0.357 e. The summed E-state index contributed by atoms with van der Waals surface area (Å²) in [7, 11) is 1.70. The van der Waals surface area contributed by atoms with Crippen molar-refractivity contribution in [2.45, 2.75) is 20.4 Å². The first-order valence-electron chi connectivity index (χ1n) is 6.08. The van der Waals surface area contributed by atoms with E-state index >= 15 is 0 Å². The van der Waals surface area contributed by atoms with Crippen molar-refractivity contribution in [1.82, 2.24) is 15.0 Å². The summed E-state index contributed by atoms with van der Waals surface area (Å²) in [6, 6.07) is 3.58. The number of halogens is 2. The van der Waals surface area contributed by atoms with E-state index in [1.165, 1.54) is 0 Å². The van der Waals surface area contributed by atoms with Crippen molar-refractivity contribution < 1.29 is 4.39 Å². The zero-order chi connectivity index (χ0) is 14.7. The maximum atomic E-state index is 13.5. The summed E-state index contributed by atoms with van der Waals surface area (Å²) < 4.78 is 13.5. The Morgan fingerprint density at radius 1 is 1.10 bits per heavy atom. The minimum Gasteiger partial charge on any atom is -0.357 e. The van der Waals surface area contributed by atoms with E-state index in [2.05, 4.69) is 25.6 Å². The van der Waals surface area contributed by atoms with Crippen LogP contribution in [0.4, 0.5) is 16.3 Å². The van der Waals surface area contributed by atoms with Crippen LogP contribution >= 0.6 is 11.6 Å². The molecular weight excluding hydrogens is 281 g/mol. The van der Waals surface area contributed by atoms with E-state index in [0.29, 0.717) is 29.6 Å². The van der Waals surface area contributed by atoms with Gasteiger partial charge in [-0.2, -0.15) is 15.0 Å². The van der Waals surface area contributed by atoms with Crippen LogP contribution in [0.5, 0.6) is 0 Å². The number of hydrogen-bond donors (Lipinski definition) is 2. The van der Waals surface area contributed by atoms with Gasteiger partial charge in [0.25, 0.3) is 0 Å². The number of benzene rings is 1. The molecule has 2 aromatic rings. The maximum Gasteiger partial charge on any atom is 0.229 e. The van der Waals surface area contributed by atoms with Crippen LogP contribution in [0.2, 0.25) is 5.28 Å². The highest BCUT2D eigenvalue weighted by Crippen LogP contribution is 2.16. The third-order valence-corrected chi connectivity index (χ3v) is 2.95. The molecule has 0 saturated heterocycles. The molecule has 0 aliphatic heterocycles. The van der Waals surface area contributed by atoms with Crippen LogP contribution in [0, 0.1) is 19.7 Å². The van der Waals surface area contributed by atoms with Crippen molar-refractivity contribution in [2.75, 3.05) is 17.7 Å². The van der Waals surface area contributed by atoms with Crippen LogP contribution in [0.25, 0.3) is 0 Å². The maximum absolute atomic E-state index is 13.5. The second-order valence-electron chi connectivity index (χ2n) is 4.40. The van der Waals surface area contributed by atoms with Gasteiger partial charge in [0, 0.05) is 13.6 Å². The fourth-order valence-corrected chi connectivity index (χ4v) is 2.02. The molecular formula is C13H15ClFN5. The Morgan fingerprint density at radius 3 is 2.30 bits per heavy atom. The Balaban J connectivity index is 2.14. The van der Waals surface area contributed by atoms with Gasteiger partial charge in [-0.15, -0.1) is 0 Å². The van der Waals surface area contributed by atoms with Gasteiger partial charge in [0.1, 0.15) is 5.82 Å². The molecule has 1 aromatic heterocycles. The van der Waals surface area contributed by atoms with Gasteiger partial charge in [-0.3, -0.25) is 0 Å². The molecule has 0 spiro atoms. The number of hydrogen-bond acceptors (Lipinski definition) is 5. The lowest BCUT2D eigenvalue weighted by molar-refractivity contribution is 0.608. The predicted octanol–water partition coefficient (Wildman–Crippen LogP) is 2.93. The summed E-state index contributed by atoms with van der Waals surface area (Å²) in [5.41, 5.74) is 2.18. The van der Waals surface area contributed by atoms with E-state index in [0.717, 1.165) is 5.56 Å². The van der Waals surface area contributed by atoms with Gasteiger partial charge in [0.15, 0.2) is 0 Å². The van der Waals surface area contributed by atoms with Crippen LogP contribution in [0.15, 0.2) is 12.1 Å². The molecule has 1 heterocycles. The minimum atomic E-state index is -0.172. The van der Waals surface area contributed by atoms with Crippen LogP contribution in [0.1, 0.15) is 16.7 Å². The molecule has 5 nitrogen and oxygen atoms in total. The van der Waals surface area contributed by atoms with E-state index in [4.69, 9.17) is 11.6 Å². The fraction of sp³-hybridized carbons (Fsp3) is 0.308. The number of nitrogens with zero attached hydrogens (tertiary/aromatic N) is 3. The first-order chi connectivity index (χ1) is 9.49. The molecule has 2 rings (SSSR count). The molecule has 20 heavy (non-hydrogen) atoms. The third-order valence-electron chi connectivity index (χ3n) is 2.78. The summed E-state index contributed by atoms with van der Waals surface area (Å²) >= 11 is 5.79. The number of aryl methyl sites for hydroxylation is 2. The van der Waals surface area contributed by atoms with Gasteiger partial charge in [0.2, 0.25) is 17.2 Å². The van der Waals surface area contributed by atoms with Crippen molar-refractivity contribution in [3.8, 4) is 0 Å². The smallest absolute Gasteiger partial charge is 0.229 e. The molecule has 0 atom stereocenters. The van der Waals surface area contributed by atoms with Crippen molar-refractivity contribution in [3.05, 3.63) is 39.9 Å². The number of rotatable bonds is 4. The summed E-state index contributed by atoms with van der Waals surface area (Å²) in [6.45, 7) is 3.96. The van der Waals surface area contributed by atoms with E-state index in [1.54, 1.807) is 33.0 Å². The Hall–Kier alpha value is -1.95. The second kappa shape index (κ2) is 6.00. The Kier molecular flexibility index (Phi) is 4.34. The first-order valence-corrected chi connectivity index (χ1v) is 6.46. The average Bonchev–Trinajstić information content (AvgIpc) is 2.41. The molecule has 0 saturated carbocycles. The van der Waals surface area contributed by atoms with E-state index < -0.39 is 0 Å². The highest BCUT2D eigenvalue weighted by Gasteiger charge is 2.06. The summed E-state index contributed by atoms with van der Waals surface area (Å²) in [5, 5.41) is 5.95. The van der Waals surface area contributed by atoms with Gasteiger partial charge in [-0.1, -0.05) is 12.1 Å². The Labute approximate surface area is 121 Å². The van der Waals surface area contributed by atoms with Gasteiger partial charge in [0.05, 0.1) is 0 Å². The van der Waals surface area contributed by atoms with Crippen molar-refractivity contribution in [2.24, 2.45) is 0 Å². The lowest BCUT2D eigenvalue weighted by Crippen LogP contribution is -2.08. The lowest BCUT2D eigenvalue weighted by Gasteiger charge is -2.09. The molecule has 0 unspecified atom stereocenters. The van der Waals surface area contributed by atoms with Gasteiger partial charge < -0.3 is 10.6 Å². The highest BCUT2D eigenvalue weighted by molar-refractivity contribution is 6.28. The lowest BCUT2D eigenvalue weighted by atomic mass is 10.1. The van der Waals surface area contributed by atoms with Gasteiger partial charge in [-0.05, 0) is 42.1 Å². The molecule has 0 radical (unpaired) electrons. The molecule has 0 fully saturated rings. The Bertz CT molecular complexity index is 609. The zero-order valence-electron chi connectivity index (χ0n) is 11.5. The quantitative estimate of drug-likeness (QED) is 0.908. The zero-order valence-corrected chi connectivity index (χ0v) is 12.2. The SMILES string of the molecule is CNc1nc(Cl)nc(NCc2cc(C)c(F)c(C)c2)n1. The molecule has 1 aromatic carbocycles. The number of anilines is 2. The van der Waals surface area contributed by atoms with Crippen molar-refractivity contribution in [1.29, 1.82) is 0 Å². The van der Waals surface area contributed by atoms with Crippen LogP contribution in [-0.2, 0) is 6.54 Å². The van der Waals surface area contributed by atoms with Crippen LogP contribution in [0.3, 0.4) is 0 Å². The topological polar surface area (TPSA) is 62.7 Å². The van der Waals surface area contributed by atoms with Crippen LogP contribution < -0.4 is 10.6 Å². The van der Waals surface area contributed by atoms with E-state index in [9.17, 15) is 4.39 Å².